The Morgan fingerprint density at radius 2 is 1.54 bits per heavy atom. The lowest BCUT2D eigenvalue weighted by Gasteiger charge is -2.32. The van der Waals surface area contributed by atoms with E-state index >= 15 is 0 Å². The molecule has 0 radical (unpaired) electrons. The predicted octanol–water partition coefficient (Wildman–Crippen LogP) is 7.22. The van der Waals surface area contributed by atoms with Crippen LogP contribution in [0.1, 0.15) is 57.7 Å². The highest BCUT2D eigenvalue weighted by Gasteiger charge is 2.32. The first-order chi connectivity index (χ1) is 18.5. The maximum Gasteiger partial charge on any atom is 0.261 e. The quantitative estimate of drug-likeness (QED) is 0.265. The van der Waals surface area contributed by atoms with Gasteiger partial charge in [0.2, 0.25) is 5.91 Å². The fraction of sp³-hybridized carbons (Fsp3) is 0.375. The van der Waals surface area contributed by atoms with E-state index in [9.17, 15) is 9.59 Å². The number of benzene rings is 3. The number of ether oxygens (including phenoxy) is 1. The molecule has 0 aliphatic heterocycles. The van der Waals surface area contributed by atoms with Crippen LogP contribution in [-0.4, -0.2) is 35.4 Å². The van der Waals surface area contributed by atoms with E-state index in [4.69, 9.17) is 27.9 Å². The van der Waals surface area contributed by atoms with Crippen LogP contribution >= 0.6 is 23.2 Å². The Hall–Kier alpha value is -3.02. The van der Waals surface area contributed by atoms with Crippen LogP contribution < -0.4 is 10.1 Å². The van der Waals surface area contributed by atoms with Gasteiger partial charge in [0.15, 0.2) is 6.61 Å². The van der Waals surface area contributed by atoms with Gasteiger partial charge in [0.25, 0.3) is 5.91 Å². The molecule has 3 rings (SSSR count). The van der Waals surface area contributed by atoms with Crippen molar-refractivity contribution in [2.24, 2.45) is 0 Å². The molecule has 1 N–H and O–H groups in total. The first-order valence-electron chi connectivity index (χ1n) is 13.3. The van der Waals surface area contributed by atoms with Crippen molar-refractivity contribution in [3.05, 3.63) is 99.5 Å². The van der Waals surface area contributed by atoms with Crippen molar-refractivity contribution in [2.45, 2.75) is 71.5 Å². The molecular formula is C32H38Cl2N2O3. The molecule has 0 unspecified atom stereocenters. The number of rotatable bonds is 11. The summed E-state index contributed by atoms with van der Waals surface area (Å²) in [4.78, 5) is 28.9. The van der Waals surface area contributed by atoms with E-state index in [1.807, 2.05) is 68.4 Å². The lowest BCUT2D eigenvalue weighted by molar-refractivity contribution is -0.143. The molecule has 7 heteroatoms. The van der Waals surface area contributed by atoms with Crippen molar-refractivity contribution in [3.63, 3.8) is 0 Å². The Kier molecular flexibility index (Phi) is 10.8. The van der Waals surface area contributed by atoms with Crippen LogP contribution in [0.5, 0.6) is 5.75 Å². The van der Waals surface area contributed by atoms with Crippen LogP contribution in [0.25, 0.3) is 0 Å². The van der Waals surface area contributed by atoms with Gasteiger partial charge < -0.3 is 15.0 Å². The molecule has 0 saturated carbocycles. The summed E-state index contributed by atoms with van der Waals surface area (Å²) < 4.78 is 5.91. The topological polar surface area (TPSA) is 58.6 Å². The molecule has 3 aromatic carbocycles. The normalized spacial score (nSPS) is 12.9. The molecule has 0 aliphatic carbocycles. The zero-order chi connectivity index (χ0) is 28.6. The lowest BCUT2D eigenvalue weighted by atomic mass is 9.87. The van der Waals surface area contributed by atoms with E-state index in [1.165, 1.54) is 10.5 Å². The van der Waals surface area contributed by atoms with E-state index < -0.39 is 6.04 Å². The molecule has 5 nitrogen and oxygen atoms in total. The average molecular weight is 570 g/mol. The monoisotopic (exact) mass is 568 g/mol. The third-order valence-electron chi connectivity index (χ3n) is 6.74. The number of carbonyl (C=O) groups excluding carboxylic acids is 2. The van der Waals surface area contributed by atoms with Crippen LogP contribution in [0.2, 0.25) is 10.0 Å². The minimum absolute atomic E-state index is 0.00696. The fourth-order valence-corrected chi connectivity index (χ4v) is 4.64. The van der Waals surface area contributed by atoms with Gasteiger partial charge in [0, 0.05) is 34.6 Å². The minimum Gasteiger partial charge on any atom is -0.484 e. The molecule has 39 heavy (non-hydrogen) atoms. The Morgan fingerprint density at radius 3 is 2.10 bits per heavy atom. The second kappa shape index (κ2) is 13.9. The largest absolute Gasteiger partial charge is 0.484 e. The number of nitrogens with zero attached hydrogens (tertiary/aromatic N) is 1. The summed E-state index contributed by atoms with van der Waals surface area (Å²) in [5.41, 5.74) is 2.69. The van der Waals surface area contributed by atoms with Gasteiger partial charge in [-0.05, 0) is 54.2 Å². The van der Waals surface area contributed by atoms with Crippen molar-refractivity contribution in [2.75, 3.05) is 6.61 Å². The Balaban J connectivity index is 1.93. The van der Waals surface area contributed by atoms with Crippen molar-refractivity contribution in [1.29, 1.82) is 0 Å². The molecule has 0 spiro atoms. The molecule has 0 fully saturated rings. The number of hydrogen-bond donors (Lipinski definition) is 1. The summed E-state index contributed by atoms with van der Waals surface area (Å²) >= 11 is 13.0. The molecule has 3 aromatic rings. The Labute approximate surface area is 242 Å². The fourth-order valence-electron chi connectivity index (χ4n) is 4.13. The number of nitrogens with one attached hydrogen (secondary N) is 1. The van der Waals surface area contributed by atoms with Gasteiger partial charge in [-0.2, -0.15) is 0 Å². The summed E-state index contributed by atoms with van der Waals surface area (Å²) in [5.74, 6) is 0.00104. The predicted molar refractivity (Wildman–Crippen MR) is 159 cm³/mol. The number of hydrogen-bond acceptors (Lipinski definition) is 3. The maximum absolute atomic E-state index is 13.8. The van der Waals surface area contributed by atoms with Crippen molar-refractivity contribution in [3.8, 4) is 5.75 Å². The molecule has 0 aliphatic rings. The third-order valence-corrected chi connectivity index (χ3v) is 7.45. The second-order valence-corrected chi connectivity index (χ2v) is 11.6. The number of halogens is 2. The van der Waals surface area contributed by atoms with Crippen molar-refractivity contribution in [1.82, 2.24) is 10.2 Å². The minimum atomic E-state index is -0.798. The molecule has 0 heterocycles. The van der Waals surface area contributed by atoms with Gasteiger partial charge in [-0.1, -0.05) is 99.4 Å². The molecule has 2 amide bonds. The lowest BCUT2D eigenvalue weighted by Crippen LogP contribution is -2.53. The van der Waals surface area contributed by atoms with Gasteiger partial charge in [-0.25, -0.2) is 0 Å². The molecule has 0 aromatic heterocycles. The zero-order valence-corrected chi connectivity index (χ0v) is 24.9. The summed E-state index contributed by atoms with van der Waals surface area (Å²) in [6.45, 7) is 10.2. The average Bonchev–Trinajstić information content (AvgIpc) is 2.90. The number of amides is 2. The third kappa shape index (κ3) is 8.74. The van der Waals surface area contributed by atoms with Gasteiger partial charge in [0.05, 0.1) is 0 Å². The summed E-state index contributed by atoms with van der Waals surface area (Å²) in [7, 11) is 0. The van der Waals surface area contributed by atoms with Crippen molar-refractivity contribution < 1.29 is 14.3 Å². The first kappa shape index (κ1) is 30.5. The highest BCUT2D eigenvalue weighted by molar-refractivity contribution is 6.36. The standard InChI is InChI=1S/C32H38Cl2N2O3/c1-6-22(2)35-31(38)29(19-23-11-8-7-9-12-23)36(20-26-27(33)13-10-14-28(26)34)30(37)21-39-25-17-15-24(16-18-25)32(3,4)5/h7-18,22,29H,6,19-21H2,1-5H3,(H,35,38)/t22-,29+/m0/s1. The molecular weight excluding hydrogens is 531 g/mol. The van der Waals surface area contributed by atoms with E-state index in [0.717, 1.165) is 12.0 Å². The van der Waals surface area contributed by atoms with Crippen molar-refractivity contribution >= 4 is 35.0 Å². The first-order valence-corrected chi connectivity index (χ1v) is 14.0. The Morgan fingerprint density at radius 1 is 0.923 bits per heavy atom. The molecule has 2 atom stereocenters. The summed E-state index contributed by atoms with van der Waals surface area (Å²) in [6, 6.07) is 21.7. The summed E-state index contributed by atoms with van der Waals surface area (Å²) in [5, 5.41) is 3.92. The van der Waals surface area contributed by atoms with Crippen LogP contribution in [0.3, 0.4) is 0 Å². The zero-order valence-electron chi connectivity index (χ0n) is 23.3. The van der Waals surface area contributed by atoms with Gasteiger partial charge in [0.1, 0.15) is 11.8 Å². The van der Waals surface area contributed by atoms with E-state index in [1.54, 1.807) is 18.2 Å². The molecule has 0 bridgehead atoms. The van der Waals surface area contributed by atoms with Gasteiger partial charge in [-0.15, -0.1) is 0 Å². The SMILES string of the molecule is CC[C@H](C)NC(=O)[C@@H](Cc1ccccc1)N(Cc1c(Cl)cccc1Cl)C(=O)COc1ccc(C(C)(C)C)cc1. The van der Waals surface area contributed by atoms with Crippen LogP contribution in [-0.2, 0) is 28.0 Å². The Bertz CT molecular complexity index is 1220. The van der Waals surface area contributed by atoms with E-state index in [-0.39, 0.29) is 36.4 Å². The maximum atomic E-state index is 13.8. The van der Waals surface area contributed by atoms with E-state index in [2.05, 4.69) is 26.1 Å². The van der Waals surface area contributed by atoms with E-state index in [0.29, 0.717) is 27.8 Å². The van der Waals surface area contributed by atoms with Crippen LogP contribution in [0.4, 0.5) is 0 Å². The highest BCUT2D eigenvalue weighted by atomic mass is 35.5. The number of carbonyl (C=O) groups is 2. The second-order valence-electron chi connectivity index (χ2n) is 10.8. The van der Waals surface area contributed by atoms with Crippen LogP contribution in [0, 0.1) is 0 Å². The summed E-state index contributed by atoms with van der Waals surface area (Å²) in [6.07, 6.45) is 1.10. The molecule has 0 saturated heterocycles. The highest BCUT2D eigenvalue weighted by Crippen LogP contribution is 2.28. The smallest absolute Gasteiger partial charge is 0.261 e. The van der Waals surface area contributed by atoms with Gasteiger partial charge in [-0.3, -0.25) is 9.59 Å². The van der Waals surface area contributed by atoms with Crippen LogP contribution in [0.15, 0.2) is 72.8 Å². The van der Waals surface area contributed by atoms with Gasteiger partial charge >= 0.3 is 0 Å². The molecule has 208 valence electrons.